The van der Waals surface area contributed by atoms with E-state index in [1.165, 1.54) is 46.2 Å². The second-order valence-electron chi connectivity index (χ2n) is 5.56. The molecule has 0 aliphatic carbocycles. The molecule has 128 valence electrons. The zero-order valence-electron chi connectivity index (χ0n) is 13.7. The number of aryl methyl sites for hydroxylation is 2. The number of amides is 1. The van der Waals surface area contributed by atoms with E-state index in [0.29, 0.717) is 5.13 Å². The molecule has 0 unspecified atom stereocenters. The van der Waals surface area contributed by atoms with Gasteiger partial charge in [-0.3, -0.25) is 10.1 Å². The fourth-order valence-corrected chi connectivity index (χ4v) is 4.02. The quantitative estimate of drug-likeness (QED) is 0.514. The third-order valence-electron chi connectivity index (χ3n) is 3.57. The lowest BCUT2D eigenvalue weighted by atomic mass is 10.1. The molecule has 1 heterocycles. The fourth-order valence-electron chi connectivity index (χ4n) is 2.21. The van der Waals surface area contributed by atoms with Gasteiger partial charge in [0.25, 0.3) is 5.91 Å². The summed E-state index contributed by atoms with van der Waals surface area (Å²) in [5.74, 6) is -0.0589. The first-order valence-corrected chi connectivity index (χ1v) is 9.41. The number of hydrogen-bond acceptors (Lipinski definition) is 5. The predicted molar refractivity (Wildman–Crippen MR) is 99.7 cm³/mol. The van der Waals surface area contributed by atoms with Crippen molar-refractivity contribution in [3.8, 4) is 0 Å². The van der Waals surface area contributed by atoms with Gasteiger partial charge in [0.2, 0.25) is 5.13 Å². The van der Waals surface area contributed by atoms with E-state index in [4.69, 9.17) is 0 Å². The third kappa shape index (κ3) is 4.64. The van der Waals surface area contributed by atoms with Crippen LogP contribution in [0.25, 0.3) is 0 Å². The van der Waals surface area contributed by atoms with Crippen LogP contribution in [0.4, 0.5) is 9.52 Å². The van der Waals surface area contributed by atoms with Crippen molar-refractivity contribution in [2.24, 2.45) is 0 Å². The number of benzene rings is 2. The van der Waals surface area contributed by atoms with Crippen LogP contribution >= 0.6 is 23.1 Å². The molecule has 1 aromatic heterocycles. The van der Waals surface area contributed by atoms with Crippen molar-refractivity contribution < 1.29 is 9.18 Å². The Balaban J connectivity index is 1.62. The maximum Gasteiger partial charge on any atom is 0.257 e. The van der Waals surface area contributed by atoms with Crippen molar-refractivity contribution in [2.75, 3.05) is 5.32 Å². The van der Waals surface area contributed by atoms with Gasteiger partial charge in [-0.1, -0.05) is 52.9 Å². The summed E-state index contributed by atoms with van der Waals surface area (Å²) in [5.41, 5.74) is 3.97. The minimum atomic E-state index is -0.449. The Bertz CT molecular complexity index is 911. The second kappa shape index (κ2) is 7.76. The third-order valence-corrected chi connectivity index (χ3v) is 5.59. The minimum absolute atomic E-state index is 0.250. The highest BCUT2D eigenvalue weighted by Crippen LogP contribution is 2.29. The van der Waals surface area contributed by atoms with Crippen LogP contribution in [0.1, 0.15) is 27.0 Å². The molecule has 0 bridgehead atoms. The van der Waals surface area contributed by atoms with Crippen LogP contribution in [-0.4, -0.2) is 16.1 Å². The van der Waals surface area contributed by atoms with Crippen LogP contribution in [0, 0.1) is 19.7 Å². The van der Waals surface area contributed by atoms with E-state index in [1.807, 2.05) is 0 Å². The number of halogens is 1. The molecule has 7 heteroatoms. The zero-order chi connectivity index (χ0) is 17.8. The molecule has 3 rings (SSSR count). The monoisotopic (exact) mass is 373 g/mol. The SMILES string of the molecule is Cc1ccc(C)c(CSc2nnc(NC(=O)c3cccc(F)c3)s2)c1. The summed E-state index contributed by atoms with van der Waals surface area (Å²) in [6, 6.07) is 11.9. The average molecular weight is 373 g/mol. The minimum Gasteiger partial charge on any atom is -0.296 e. The predicted octanol–water partition coefficient (Wildman–Crippen LogP) is 4.84. The number of nitrogens with one attached hydrogen (secondary N) is 1. The molecule has 1 amide bonds. The number of nitrogens with zero attached hydrogens (tertiary/aromatic N) is 2. The van der Waals surface area contributed by atoms with E-state index >= 15 is 0 Å². The van der Waals surface area contributed by atoms with Crippen molar-refractivity contribution in [1.29, 1.82) is 0 Å². The Kier molecular flexibility index (Phi) is 5.45. The van der Waals surface area contributed by atoms with E-state index in [9.17, 15) is 9.18 Å². The molecule has 25 heavy (non-hydrogen) atoms. The fraction of sp³-hybridized carbons (Fsp3) is 0.167. The lowest BCUT2D eigenvalue weighted by Gasteiger charge is -2.05. The largest absolute Gasteiger partial charge is 0.296 e. The number of anilines is 1. The Morgan fingerprint density at radius 1 is 1.20 bits per heavy atom. The van der Waals surface area contributed by atoms with Gasteiger partial charge >= 0.3 is 0 Å². The van der Waals surface area contributed by atoms with Gasteiger partial charge in [-0.2, -0.15) is 0 Å². The summed E-state index contributed by atoms with van der Waals surface area (Å²) in [4.78, 5) is 12.1. The Morgan fingerprint density at radius 3 is 2.84 bits per heavy atom. The van der Waals surface area contributed by atoms with E-state index in [-0.39, 0.29) is 5.56 Å². The summed E-state index contributed by atoms with van der Waals surface area (Å²) in [5, 5.41) is 11.1. The maximum absolute atomic E-state index is 13.2. The summed E-state index contributed by atoms with van der Waals surface area (Å²) in [6.07, 6.45) is 0. The summed E-state index contributed by atoms with van der Waals surface area (Å²) in [6.45, 7) is 4.15. The van der Waals surface area contributed by atoms with E-state index in [1.54, 1.807) is 17.8 Å². The van der Waals surface area contributed by atoms with Gasteiger partial charge < -0.3 is 0 Å². The van der Waals surface area contributed by atoms with Gasteiger partial charge in [-0.15, -0.1) is 10.2 Å². The molecule has 1 N–H and O–H groups in total. The molecular formula is C18H16FN3OS2. The lowest BCUT2D eigenvalue weighted by Crippen LogP contribution is -2.11. The van der Waals surface area contributed by atoms with E-state index < -0.39 is 11.7 Å². The molecule has 0 radical (unpaired) electrons. The van der Waals surface area contributed by atoms with Crippen LogP contribution < -0.4 is 5.32 Å². The molecule has 0 aliphatic heterocycles. The standard InChI is InChI=1S/C18H16FN3OS2/c1-11-6-7-12(2)14(8-11)10-24-18-22-21-17(25-18)20-16(23)13-4-3-5-15(19)9-13/h3-9H,10H2,1-2H3,(H,20,21,23). The molecule has 3 aromatic rings. The van der Waals surface area contributed by atoms with E-state index in [0.717, 1.165) is 10.1 Å². The molecule has 0 atom stereocenters. The first-order chi connectivity index (χ1) is 12.0. The van der Waals surface area contributed by atoms with E-state index in [2.05, 4.69) is 47.6 Å². The number of hydrogen-bond donors (Lipinski definition) is 1. The molecule has 2 aromatic carbocycles. The van der Waals surface area contributed by atoms with Crippen molar-refractivity contribution >= 4 is 34.1 Å². The highest BCUT2D eigenvalue weighted by Gasteiger charge is 2.11. The number of thioether (sulfide) groups is 1. The van der Waals surface area contributed by atoms with Crippen LogP contribution in [0.3, 0.4) is 0 Å². The highest BCUT2D eigenvalue weighted by molar-refractivity contribution is 8.00. The number of rotatable bonds is 5. The first kappa shape index (κ1) is 17.6. The van der Waals surface area contributed by atoms with Gasteiger partial charge in [0.05, 0.1) is 0 Å². The molecule has 0 fully saturated rings. The molecule has 0 spiro atoms. The second-order valence-corrected chi connectivity index (χ2v) is 7.76. The highest BCUT2D eigenvalue weighted by atomic mass is 32.2. The molecule has 0 saturated carbocycles. The molecule has 0 saturated heterocycles. The van der Waals surface area contributed by atoms with Crippen molar-refractivity contribution in [3.63, 3.8) is 0 Å². The number of aromatic nitrogens is 2. The lowest BCUT2D eigenvalue weighted by molar-refractivity contribution is 0.102. The Morgan fingerprint density at radius 2 is 2.04 bits per heavy atom. The van der Waals surface area contributed by atoms with Gasteiger partial charge in [-0.25, -0.2) is 4.39 Å². The van der Waals surface area contributed by atoms with Crippen LogP contribution in [0.15, 0.2) is 46.8 Å². The van der Waals surface area contributed by atoms with Gasteiger partial charge in [0.15, 0.2) is 4.34 Å². The summed E-state index contributed by atoms with van der Waals surface area (Å²) >= 11 is 2.88. The van der Waals surface area contributed by atoms with Gasteiger partial charge in [0.1, 0.15) is 5.82 Å². The Hall–Kier alpha value is -2.25. The van der Waals surface area contributed by atoms with Crippen LogP contribution in [0.2, 0.25) is 0 Å². The van der Waals surface area contributed by atoms with Crippen molar-refractivity contribution in [2.45, 2.75) is 23.9 Å². The molecule has 0 aliphatic rings. The van der Waals surface area contributed by atoms with Gasteiger partial charge in [0, 0.05) is 11.3 Å². The molecule has 4 nitrogen and oxygen atoms in total. The normalized spacial score (nSPS) is 10.7. The summed E-state index contributed by atoms with van der Waals surface area (Å²) in [7, 11) is 0. The maximum atomic E-state index is 13.2. The first-order valence-electron chi connectivity index (χ1n) is 7.60. The number of carbonyl (C=O) groups excluding carboxylic acids is 1. The average Bonchev–Trinajstić information content (AvgIpc) is 3.03. The van der Waals surface area contributed by atoms with Gasteiger partial charge in [-0.05, 0) is 43.2 Å². The van der Waals surface area contributed by atoms with Crippen LogP contribution in [-0.2, 0) is 5.75 Å². The van der Waals surface area contributed by atoms with Crippen molar-refractivity contribution in [3.05, 3.63) is 70.5 Å². The van der Waals surface area contributed by atoms with Crippen molar-refractivity contribution in [1.82, 2.24) is 10.2 Å². The Labute approximate surface area is 153 Å². The number of carbonyl (C=O) groups is 1. The van der Waals surface area contributed by atoms with Crippen LogP contribution in [0.5, 0.6) is 0 Å². The molecular weight excluding hydrogens is 357 g/mol. The topological polar surface area (TPSA) is 54.9 Å². The smallest absolute Gasteiger partial charge is 0.257 e. The summed E-state index contributed by atoms with van der Waals surface area (Å²) < 4.78 is 14.0. The zero-order valence-corrected chi connectivity index (χ0v) is 15.4.